The van der Waals surface area contributed by atoms with E-state index in [1.807, 2.05) is 0 Å². The van der Waals surface area contributed by atoms with Gasteiger partial charge in [0.15, 0.2) is 0 Å². The lowest BCUT2D eigenvalue weighted by Gasteiger charge is -2.26. The molecule has 2 N–H and O–H groups in total. The minimum atomic E-state index is -4.27. The zero-order valence-electron chi connectivity index (χ0n) is 6.13. The van der Waals surface area contributed by atoms with E-state index in [0.717, 1.165) is 6.92 Å². The molecule has 0 aliphatic rings. The van der Waals surface area contributed by atoms with Gasteiger partial charge in [-0.15, -0.1) is 0 Å². The average Bonchev–Trinajstić information content (AvgIpc) is 1.61. The molecule has 0 spiro atoms. The highest BCUT2D eigenvalue weighted by atomic mass is 19.4. The van der Waals surface area contributed by atoms with Gasteiger partial charge in [-0.2, -0.15) is 13.2 Å². The van der Waals surface area contributed by atoms with E-state index in [2.05, 4.69) is 0 Å². The number of rotatable bonds is 2. The molecule has 0 fully saturated rings. The van der Waals surface area contributed by atoms with E-state index in [9.17, 15) is 13.2 Å². The molecule has 0 aliphatic carbocycles. The third-order valence-corrected chi connectivity index (χ3v) is 1.42. The first-order valence-electron chi connectivity index (χ1n) is 3.17. The molecule has 0 aromatic carbocycles. The molecular weight excluding hydrogens is 143 g/mol. The standard InChI is InChI=1S/C6H12F3N/c1-3-4-5(2,10)6(7,8)9/h3-4,10H2,1-2H3. The Morgan fingerprint density at radius 1 is 1.30 bits per heavy atom. The normalized spacial score (nSPS) is 18.6. The maximum Gasteiger partial charge on any atom is 0.406 e. The van der Waals surface area contributed by atoms with Gasteiger partial charge in [0, 0.05) is 0 Å². The second kappa shape index (κ2) is 2.78. The lowest BCUT2D eigenvalue weighted by atomic mass is 9.97. The van der Waals surface area contributed by atoms with Gasteiger partial charge in [-0.1, -0.05) is 13.3 Å². The van der Waals surface area contributed by atoms with Crippen LogP contribution >= 0.6 is 0 Å². The zero-order chi connectivity index (χ0) is 8.41. The first-order chi connectivity index (χ1) is 4.31. The highest BCUT2D eigenvalue weighted by Crippen LogP contribution is 2.30. The van der Waals surface area contributed by atoms with Crippen LogP contribution in [0, 0.1) is 0 Å². The predicted octanol–water partition coefficient (Wildman–Crippen LogP) is 2.07. The van der Waals surface area contributed by atoms with Crippen LogP contribution in [0.4, 0.5) is 13.2 Å². The van der Waals surface area contributed by atoms with Crippen LogP contribution in [0.25, 0.3) is 0 Å². The monoisotopic (exact) mass is 155 g/mol. The van der Waals surface area contributed by atoms with Gasteiger partial charge in [0.2, 0.25) is 0 Å². The number of nitrogens with two attached hydrogens (primary N) is 1. The molecule has 0 amide bonds. The zero-order valence-corrected chi connectivity index (χ0v) is 6.13. The molecule has 0 aliphatic heterocycles. The molecule has 0 saturated heterocycles. The second-order valence-electron chi connectivity index (χ2n) is 2.67. The topological polar surface area (TPSA) is 26.0 Å². The maximum atomic E-state index is 11.9. The van der Waals surface area contributed by atoms with Crippen LogP contribution in [0.5, 0.6) is 0 Å². The Bertz CT molecular complexity index is 106. The number of alkyl halides is 3. The molecule has 62 valence electrons. The molecule has 0 aromatic heterocycles. The molecule has 0 heterocycles. The molecule has 0 rings (SSSR count). The van der Waals surface area contributed by atoms with Crippen molar-refractivity contribution < 1.29 is 13.2 Å². The molecule has 0 bridgehead atoms. The Morgan fingerprint density at radius 3 is 1.80 bits per heavy atom. The summed E-state index contributed by atoms with van der Waals surface area (Å²) in [5, 5.41) is 0. The van der Waals surface area contributed by atoms with Crippen molar-refractivity contribution in [2.75, 3.05) is 0 Å². The van der Waals surface area contributed by atoms with Crippen LogP contribution < -0.4 is 5.73 Å². The highest BCUT2D eigenvalue weighted by molar-refractivity contribution is 4.85. The van der Waals surface area contributed by atoms with E-state index in [1.54, 1.807) is 6.92 Å². The molecule has 1 unspecified atom stereocenters. The van der Waals surface area contributed by atoms with Gasteiger partial charge in [0.1, 0.15) is 5.54 Å². The van der Waals surface area contributed by atoms with Gasteiger partial charge in [-0.25, -0.2) is 0 Å². The van der Waals surface area contributed by atoms with Crippen molar-refractivity contribution >= 4 is 0 Å². The fourth-order valence-electron chi connectivity index (χ4n) is 0.661. The third-order valence-electron chi connectivity index (χ3n) is 1.42. The molecule has 0 saturated carbocycles. The summed E-state index contributed by atoms with van der Waals surface area (Å²) in [7, 11) is 0. The minimum absolute atomic E-state index is 0.0174. The summed E-state index contributed by atoms with van der Waals surface area (Å²) in [6.45, 7) is 2.69. The Morgan fingerprint density at radius 2 is 1.70 bits per heavy atom. The fourth-order valence-corrected chi connectivity index (χ4v) is 0.661. The van der Waals surface area contributed by atoms with Crippen molar-refractivity contribution in [2.45, 2.75) is 38.4 Å². The summed E-state index contributed by atoms with van der Waals surface area (Å²) >= 11 is 0. The summed E-state index contributed by atoms with van der Waals surface area (Å²) < 4.78 is 35.7. The quantitative estimate of drug-likeness (QED) is 0.649. The van der Waals surface area contributed by atoms with Crippen LogP contribution in [-0.4, -0.2) is 11.7 Å². The number of hydrogen-bond acceptors (Lipinski definition) is 1. The Hall–Kier alpha value is -0.250. The highest BCUT2D eigenvalue weighted by Gasteiger charge is 2.46. The van der Waals surface area contributed by atoms with Crippen molar-refractivity contribution in [1.29, 1.82) is 0 Å². The van der Waals surface area contributed by atoms with Gasteiger partial charge in [-0.3, -0.25) is 0 Å². The number of halogens is 3. The van der Waals surface area contributed by atoms with Crippen molar-refractivity contribution in [1.82, 2.24) is 0 Å². The maximum absolute atomic E-state index is 11.9. The van der Waals surface area contributed by atoms with Gasteiger partial charge in [0.05, 0.1) is 0 Å². The fraction of sp³-hybridized carbons (Fsp3) is 1.00. The lowest BCUT2D eigenvalue weighted by molar-refractivity contribution is -0.182. The molecule has 4 heteroatoms. The van der Waals surface area contributed by atoms with Crippen LogP contribution in [-0.2, 0) is 0 Å². The van der Waals surface area contributed by atoms with Crippen LogP contribution in [0.3, 0.4) is 0 Å². The summed E-state index contributed by atoms with van der Waals surface area (Å²) in [6, 6.07) is 0. The summed E-state index contributed by atoms with van der Waals surface area (Å²) in [6.07, 6.45) is -3.84. The van der Waals surface area contributed by atoms with Gasteiger partial charge in [0.25, 0.3) is 0 Å². The molecule has 0 aromatic rings. The Kier molecular flexibility index (Phi) is 2.71. The molecular formula is C6H12F3N. The van der Waals surface area contributed by atoms with Crippen molar-refractivity contribution in [3.05, 3.63) is 0 Å². The SMILES string of the molecule is CCCC(C)(N)C(F)(F)F. The summed E-state index contributed by atoms with van der Waals surface area (Å²) in [5.74, 6) is 0. The van der Waals surface area contributed by atoms with Gasteiger partial charge >= 0.3 is 6.18 Å². The third kappa shape index (κ3) is 2.17. The minimum Gasteiger partial charge on any atom is -0.318 e. The smallest absolute Gasteiger partial charge is 0.318 e. The first-order valence-corrected chi connectivity index (χ1v) is 3.17. The van der Waals surface area contributed by atoms with E-state index in [-0.39, 0.29) is 6.42 Å². The van der Waals surface area contributed by atoms with Gasteiger partial charge in [-0.05, 0) is 13.3 Å². The van der Waals surface area contributed by atoms with Crippen molar-refractivity contribution in [3.8, 4) is 0 Å². The molecule has 0 radical (unpaired) electrons. The summed E-state index contributed by atoms with van der Waals surface area (Å²) in [4.78, 5) is 0. The van der Waals surface area contributed by atoms with Crippen LogP contribution in [0.2, 0.25) is 0 Å². The summed E-state index contributed by atoms with van der Waals surface area (Å²) in [5.41, 5.74) is 2.97. The van der Waals surface area contributed by atoms with Crippen molar-refractivity contribution in [3.63, 3.8) is 0 Å². The molecule has 1 atom stereocenters. The average molecular weight is 155 g/mol. The van der Waals surface area contributed by atoms with E-state index in [4.69, 9.17) is 5.73 Å². The van der Waals surface area contributed by atoms with Crippen molar-refractivity contribution in [2.24, 2.45) is 5.73 Å². The second-order valence-corrected chi connectivity index (χ2v) is 2.67. The van der Waals surface area contributed by atoms with E-state index in [0.29, 0.717) is 6.42 Å². The van der Waals surface area contributed by atoms with E-state index < -0.39 is 11.7 Å². The first kappa shape index (κ1) is 9.75. The molecule has 10 heavy (non-hydrogen) atoms. The van der Waals surface area contributed by atoms with Gasteiger partial charge < -0.3 is 5.73 Å². The van der Waals surface area contributed by atoms with Crippen LogP contribution in [0.15, 0.2) is 0 Å². The number of hydrogen-bond donors (Lipinski definition) is 1. The van der Waals surface area contributed by atoms with Crippen LogP contribution in [0.1, 0.15) is 26.7 Å². The van der Waals surface area contributed by atoms with E-state index >= 15 is 0 Å². The largest absolute Gasteiger partial charge is 0.406 e. The Balaban J connectivity index is 4.10. The lowest BCUT2D eigenvalue weighted by Crippen LogP contribution is -2.50. The molecule has 1 nitrogen and oxygen atoms in total. The van der Waals surface area contributed by atoms with E-state index in [1.165, 1.54) is 0 Å². The Labute approximate surface area is 58.4 Å². The predicted molar refractivity (Wildman–Crippen MR) is 33.6 cm³/mol.